The van der Waals surface area contributed by atoms with Crippen molar-refractivity contribution >= 4 is 74.3 Å². The second-order valence-electron chi connectivity index (χ2n) is 27.7. The summed E-state index contributed by atoms with van der Waals surface area (Å²) in [5.41, 5.74) is 27.3. The third kappa shape index (κ3) is 7.98. The van der Waals surface area contributed by atoms with Gasteiger partial charge in [-0.1, -0.05) is 188 Å². The Labute approximate surface area is 456 Å². The summed E-state index contributed by atoms with van der Waals surface area (Å²) in [6.07, 6.45) is 3.45. The fraction of sp³-hybridized carbons (Fsp3) is 0.333. The summed E-state index contributed by atoms with van der Waals surface area (Å²) >= 11 is 0. The summed E-state index contributed by atoms with van der Waals surface area (Å²) in [6.45, 7) is 36.4. The lowest BCUT2D eigenvalue weighted by Gasteiger charge is -2.47. The normalized spacial score (nSPS) is 17.3. The summed E-state index contributed by atoms with van der Waals surface area (Å²) in [4.78, 5) is 7.86. The molecule has 3 nitrogen and oxygen atoms in total. The summed E-state index contributed by atoms with van der Waals surface area (Å²) in [7, 11) is 0. The molecule has 76 heavy (non-hydrogen) atoms. The SMILES string of the molecule is Cc1cc2c(cc1N1c3cc4c(cc3B3c5ccc(N(c6ccccc6)c6ccccc6)cc5N(c5ccc(C(C)(C)C)cc5-c5ccccc5)c5cc(C(C)(C)C)cc1c53)C(C)(C)CC4(C)C)C(C)(C)CCC2(C)C. The molecular weight excluding hydrogens is 918 g/mol. The minimum absolute atomic E-state index is 0.00782. The predicted octanol–water partition coefficient (Wildman–Crippen LogP) is 18.1. The van der Waals surface area contributed by atoms with Crippen molar-refractivity contribution in [1.29, 1.82) is 0 Å². The Hall–Kier alpha value is -6.78. The maximum Gasteiger partial charge on any atom is 0.252 e. The first-order chi connectivity index (χ1) is 35.8. The van der Waals surface area contributed by atoms with E-state index in [-0.39, 0.29) is 39.2 Å². The lowest BCUT2D eigenvalue weighted by molar-refractivity contribution is 0.332. The second-order valence-corrected chi connectivity index (χ2v) is 27.7. The van der Waals surface area contributed by atoms with Gasteiger partial charge in [0.05, 0.1) is 5.69 Å². The molecule has 0 spiro atoms. The van der Waals surface area contributed by atoms with E-state index >= 15 is 0 Å². The number of aryl methyl sites for hydroxylation is 1. The van der Waals surface area contributed by atoms with Crippen LogP contribution in [0.2, 0.25) is 0 Å². The lowest BCUT2D eigenvalue weighted by Crippen LogP contribution is -2.61. The van der Waals surface area contributed by atoms with Crippen molar-refractivity contribution in [3.05, 3.63) is 203 Å². The molecule has 8 aromatic rings. The van der Waals surface area contributed by atoms with Gasteiger partial charge in [-0.05, 0) is 192 Å². The summed E-state index contributed by atoms with van der Waals surface area (Å²) < 4.78 is 0. The van der Waals surface area contributed by atoms with E-state index < -0.39 is 0 Å². The van der Waals surface area contributed by atoms with Crippen LogP contribution in [-0.2, 0) is 32.5 Å². The predicted molar refractivity (Wildman–Crippen MR) is 329 cm³/mol. The first-order valence-electron chi connectivity index (χ1n) is 28.2. The van der Waals surface area contributed by atoms with Gasteiger partial charge in [0.2, 0.25) is 0 Å². The molecule has 2 aliphatic carbocycles. The molecule has 0 saturated heterocycles. The van der Waals surface area contributed by atoms with E-state index in [1.54, 1.807) is 0 Å². The van der Waals surface area contributed by atoms with Crippen molar-refractivity contribution in [1.82, 2.24) is 0 Å². The van der Waals surface area contributed by atoms with Crippen molar-refractivity contribution in [2.24, 2.45) is 0 Å². The molecule has 0 saturated carbocycles. The minimum Gasteiger partial charge on any atom is -0.311 e. The topological polar surface area (TPSA) is 9.72 Å². The highest BCUT2D eigenvalue weighted by Gasteiger charge is 2.49. The number of para-hydroxylation sites is 2. The Morgan fingerprint density at radius 2 is 0.895 bits per heavy atom. The molecule has 0 fully saturated rings. The van der Waals surface area contributed by atoms with Crippen LogP contribution in [0.3, 0.4) is 0 Å². The second kappa shape index (κ2) is 17.1. The number of fused-ring (bicyclic) bond motifs is 6. The Morgan fingerprint density at radius 3 is 1.46 bits per heavy atom. The highest BCUT2D eigenvalue weighted by Crippen LogP contribution is 2.56. The number of anilines is 9. The molecule has 384 valence electrons. The molecule has 0 amide bonds. The van der Waals surface area contributed by atoms with Gasteiger partial charge in [-0.2, -0.15) is 0 Å². The molecule has 0 unspecified atom stereocenters. The number of hydrogen-bond acceptors (Lipinski definition) is 3. The van der Waals surface area contributed by atoms with E-state index in [1.807, 2.05) is 0 Å². The number of rotatable bonds is 6. The van der Waals surface area contributed by atoms with Gasteiger partial charge in [0.25, 0.3) is 6.71 Å². The molecule has 4 aliphatic rings. The third-order valence-corrected chi connectivity index (χ3v) is 18.3. The molecule has 12 rings (SSSR count). The molecule has 0 N–H and O–H groups in total. The third-order valence-electron chi connectivity index (χ3n) is 18.3. The minimum atomic E-state index is -0.169. The van der Waals surface area contributed by atoms with Gasteiger partial charge >= 0.3 is 0 Å². The van der Waals surface area contributed by atoms with Gasteiger partial charge in [0.15, 0.2) is 0 Å². The monoisotopic (exact) mass is 996 g/mol. The van der Waals surface area contributed by atoms with Gasteiger partial charge in [-0.15, -0.1) is 0 Å². The first kappa shape index (κ1) is 50.1. The fourth-order valence-electron chi connectivity index (χ4n) is 14.1. The summed E-state index contributed by atoms with van der Waals surface area (Å²) in [5.74, 6) is 0. The smallest absolute Gasteiger partial charge is 0.252 e. The van der Waals surface area contributed by atoms with Crippen molar-refractivity contribution in [2.45, 2.75) is 156 Å². The largest absolute Gasteiger partial charge is 0.311 e. The standard InChI is InChI=1S/C72H78BN3/c1-46-37-54-56(70(10,11)36-35-69(54,8)9)43-61(46)76-63-44-57-55(71(12,13)45-72(57,14)15)42-59(63)73-58-33-32-52(74(50-27-21-17-22-28-50)51-29-23-18-24-30-51)41-62(58)75(64-39-49(68(5,6)7)40-65(76)66(64)73)60-34-31-48(67(2,3)4)38-53(60)47-25-19-16-20-26-47/h16-34,37-44H,35-36,45H2,1-15H3. The van der Waals surface area contributed by atoms with Gasteiger partial charge in [-0.25, -0.2) is 0 Å². The number of nitrogens with zero attached hydrogens (tertiary/aromatic N) is 3. The molecule has 0 aromatic heterocycles. The molecular formula is C72H78BN3. The van der Waals surface area contributed by atoms with Crippen LogP contribution in [0.15, 0.2) is 164 Å². The Balaban J connectivity index is 1.24. The van der Waals surface area contributed by atoms with E-state index in [2.05, 4.69) is 282 Å². The van der Waals surface area contributed by atoms with E-state index in [4.69, 9.17) is 0 Å². The van der Waals surface area contributed by atoms with Gasteiger partial charge in [0, 0.05) is 51.1 Å². The van der Waals surface area contributed by atoms with Crippen molar-refractivity contribution in [3.63, 3.8) is 0 Å². The molecule has 2 heterocycles. The highest BCUT2D eigenvalue weighted by atomic mass is 15.2. The Kier molecular flexibility index (Phi) is 11.3. The molecule has 4 heteroatoms. The van der Waals surface area contributed by atoms with Crippen LogP contribution < -0.4 is 31.1 Å². The van der Waals surface area contributed by atoms with Crippen LogP contribution in [0.4, 0.5) is 51.2 Å². The van der Waals surface area contributed by atoms with E-state index in [1.165, 1.54) is 107 Å². The molecule has 0 radical (unpaired) electrons. The fourth-order valence-corrected chi connectivity index (χ4v) is 14.1. The van der Waals surface area contributed by atoms with Gasteiger partial charge in [0.1, 0.15) is 0 Å². The average Bonchev–Trinajstić information content (AvgIpc) is 3.62. The maximum absolute atomic E-state index is 2.75. The van der Waals surface area contributed by atoms with Crippen molar-refractivity contribution < 1.29 is 0 Å². The summed E-state index contributed by atoms with van der Waals surface area (Å²) in [5, 5.41) is 0. The van der Waals surface area contributed by atoms with E-state index in [9.17, 15) is 0 Å². The first-order valence-corrected chi connectivity index (χ1v) is 28.2. The highest BCUT2D eigenvalue weighted by molar-refractivity contribution is 7.00. The quantitative estimate of drug-likeness (QED) is 0.154. The Morgan fingerprint density at radius 1 is 0.408 bits per heavy atom. The number of hydrogen-bond donors (Lipinski definition) is 0. The van der Waals surface area contributed by atoms with Crippen LogP contribution in [0, 0.1) is 6.92 Å². The van der Waals surface area contributed by atoms with Crippen molar-refractivity contribution in [3.8, 4) is 11.1 Å². The molecule has 0 bridgehead atoms. The molecule has 8 aromatic carbocycles. The zero-order chi connectivity index (χ0) is 53.6. The zero-order valence-electron chi connectivity index (χ0n) is 48.1. The lowest BCUT2D eigenvalue weighted by atomic mass is 9.33. The van der Waals surface area contributed by atoms with E-state index in [0.717, 1.165) is 29.9 Å². The molecule has 2 aliphatic heterocycles. The molecule has 0 atom stereocenters. The van der Waals surface area contributed by atoms with E-state index in [0.29, 0.717) is 0 Å². The summed E-state index contributed by atoms with van der Waals surface area (Å²) in [6, 6.07) is 63.4. The van der Waals surface area contributed by atoms with Crippen LogP contribution in [0.25, 0.3) is 11.1 Å². The van der Waals surface area contributed by atoms with Gasteiger partial charge < -0.3 is 14.7 Å². The average molecular weight is 996 g/mol. The number of benzene rings is 8. The zero-order valence-corrected chi connectivity index (χ0v) is 48.1. The van der Waals surface area contributed by atoms with Crippen molar-refractivity contribution in [2.75, 3.05) is 14.7 Å². The van der Waals surface area contributed by atoms with Crippen LogP contribution in [0.5, 0.6) is 0 Å². The van der Waals surface area contributed by atoms with Crippen LogP contribution in [-0.4, -0.2) is 6.71 Å². The van der Waals surface area contributed by atoms with Crippen LogP contribution in [0.1, 0.15) is 155 Å². The van der Waals surface area contributed by atoms with Crippen LogP contribution >= 0.6 is 0 Å². The van der Waals surface area contributed by atoms with Gasteiger partial charge in [-0.3, -0.25) is 0 Å². The Bertz CT molecular complexity index is 3570. The maximum atomic E-state index is 2.75.